The van der Waals surface area contributed by atoms with Crippen molar-refractivity contribution in [2.24, 2.45) is 5.92 Å². The number of amides is 2. The van der Waals surface area contributed by atoms with E-state index in [2.05, 4.69) is 5.32 Å². The van der Waals surface area contributed by atoms with E-state index >= 15 is 0 Å². The number of carbonyl (C=O) groups is 2. The molecule has 9 heteroatoms. The average molecular weight is 584 g/mol. The van der Waals surface area contributed by atoms with E-state index in [1.165, 1.54) is 17.0 Å². The van der Waals surface area contributed by atoms with Gasteiger partial charge < -0.3 is 10.2 Å². The highest BCUT2D eigenvalue weighted by molar-refractivity contribution is 7.92. The minimum Gasteiger partial charge on any atom is -0.354 e. The largest absolute Gasteiger partial charge is 0.354 e. The molecule has 0 fully saturated rings. The van der Waals surface area contributed by atoms with Crippen molar-refractivity contribution in [3.8, 4) is 0 Å². The number of aryl methyl sites for hydroxylation is 2. The fourth-order valence-corrected chi connectivity index (χ4v) is 5.90. The zero-order chi connectivity index (χ0) is 29.4. The molecule has 0 aliphatic heterocycles. The highest BCUT2D eigenvalue weighted by Gasteiger charge is 2.34. The van der Waals surface area contributed by atoms with E-state index < -0.39 is 28.5 Å². The monoisotopic (exact) mass is 583 g/mol. The molecule has 7 nitrogen and oxygen atoms in total. The summed E-state index contributed by atoms with van der Waals surface area (Å²) in [7, 11) is -4.11. The van der Waals surface area contributed by atoms with Crippen LogP contribution in [0.5, 0.6) is 0 Å². The van der Waals surface area contributed by atoms with Gasteiger partial charge in [0.2, 0.25) is 11.8 Å². The molecule has 1 N–H and O–H groups in total. The summed E-state index contributed by atoms with van der Waals surface area (Å²) in [4.78, 5) is 28.9. The predicted molar refractivity (Wildman–Crippen MR) is 161 cm³/mol. The molecule has 3 aromatic rings. The van der Waals surface area contributed by atoms with Gasteiger partial charge in [0.25, 0.3) is 10.0 Å². The molecule has 214 valence electrons. The Hall–Kier alpha value is -3.36. The van der Waals surface area contributed by atoms with Crippen molar-refractivity contribution in [3.05, 3.63) is 94.5 Å². The van der Waals surface area contributed by atoms with E-state index in [1.807, 2.05) is 46.8 Å². The number of hydrogen-bond acceptors (Lipinski definition) is 4. The van der Waals surface area contributed by atoms with E-state index in [0.29, 0.717) is 29.2 Å². The summed E-state index contributed by atoms with van der Waals surface area (Å²) in [6.07, 6.45) is 0.342. The molecule has 0 aliphatic carbocycles. The Morgan fingerprint density at radius 3 is 2.17 bits per heavy atom. The van der Waals surface area contributed by atoms with Crippen molar-refractivity contribution in [2.75, 3.05) is 17.4 Å². The number of halogens is 1. The highest BCUT2D eigenvalue weighted by Crippen LogP contribution is 2.27. The second-order valence-corrected chi connectivity index (χ2v) is 12.5. The number of anilines is 1. The first-order valence-electron chi connectivity index (χ1n) is 13.4. The number of nitrogens with zero attached hydrogens (tertiary/aromatic N) is 2. The van der Waals surface area contributed by atoms with Crippen LogP contribution in [0.2, 0.25) is 5.02 Å². The molecular formula is C31H38ClN3O4S. The zero-order valence-electron chi connectivity index (χ0n) is 23.7. The van der Waals surface area contributed by atoms with Gasteiger partial charge in [0.1, 0.15) is 12.6 Å². The van der Waals surface area contributed by atoms with Crippen molar-refractivity contribution >= 4 is 39.1 Å². The van der Waals surface area contributed by atoms with Gasteiger partial charge in [-0.1, -0.05) is 74.8 Å². The standard InChI is InChI=1S/C31H38ClN3O4S/c1-6-29(31(37)33-19-22(2)3)34(20-25-12-10-11-15-28(25)32)30(36)21-35(26-17-16-23(4)24(5)18-26)40(38,39)27-13-8-7-9-14-27/h7-18,22,29H,6,19-21H2,1-5H3,(H,33,37)/t29-/m1/s1. The van der Waals surface area contributed by atoms with Crippen LogP contribution in [0.3, 0.4) is 0 Å². The first kappa shape index (κ1) is 31.2. The van der Waals surface area contributed by atoms with Crippen molar-refractivity contribution in [1.82, 2.24) is 10.2 Å². The summed E-state index contributed by atoms with van der Waals surface area (Å²) in [6, 6.07) is 19.6. The second-order valence-electron chi connectivity index (χ2n) is 10.3. The summed E-state index contributed by atoms with van der Waals surface area (Å²) in [5.74, 6) is -0.574. The average Bonchev–Trinajstić information content (AvgIpc) is 2.93. The van der Waals surface area contributed by atoms with Crippen LogP contribution in [0.1, 0.15) is 43.9 Å². The molecule has 2 amide bonds. The van der Waals surface area contributed by atoms with Crippen LogP contribution in [0, 0.1) is 19.8 Å². The van der Waals surface area contributed by atoms with Gasteiger partial charge in [0.05, 0.1) is 10.6 Å². The SMILES string of the molecule is CC[C@H](C(=O)NCC(C)C)N(Cc1ccccc1Cl)C(=O)CN(c1ccc(C)c(C)c1)S(=O)(=O)c1ccccc1. The zero-order valence-corrected chi connectivity index (χ0v) is 25.3. The number of sulfonamides is 1. The maximum atomic E-state index is 14.1. The molecule has 3 aromatic carbocycles. The summed E-state index contributed by atoms with van der Waals surface area (Å²) in [6.45, 7) is 9.66. The van der Waals surface area contributed by atoms with Crippen LogP contribution in [0.25, 0.3) is 0 Å². The summed E-state index contributed by atoms with van der Waals surface area (Å²) in [5.41, 5.74) is 2.93. The predicted octanol–water partition coefficient (Wildman–Crippen LogP) is 5.73. The molecule has 0 spiro atoms. The highest BCUT2D eigenvalue weighted by atomic mass is 35.5. The normalized spacial score (nSPS) is 12.2. The molecular weight excluding hydrogens is 546 g/mol. The Balaban J connectivity index is 2.07. The Morgan fingerprint density at radius 1 is 0.925 bits per heavy atom. The van der Waals surface area contributed by atoms with E-state index in [1.54, 1.807) is 48.5 Å². The Labute approximate surface area is 243 Å². The Kier molecular flexibility index (Phi) is 10.8. The van der Waals surface area contributed by atoms with Crippen LogP contribution >= 0.6 is 11.6 Å². The molecule has 0 bridgehead atoms. The van der Waals surface area contributed by atoms with E-state index in [4.69, 9.17) is 11.6 Å². The molecule has 1 atom stereocenters. The molecule has 0 aromatic heterocycles. The topological polar surface area (TPSA) is 86.8 Å². The maximum absolute atomic E-state index is 14.1. The molecule has 40 heavy (non-hydrogen) atoms. The molecule has 0 saturated carbocycles. The van der Waals surface area contributed by atoms with Crippen molar-refractivity contribution in [1.29, 1.82) is 0 Å². The third-order valence-electron chi connectivity index (χ3n) is 6.76. The van der Waals surface area contributed by atoms with E-state index in [-0.39, 0.29) is 23.3 Å². The van der Waals surface area contributed by atoms with Gasteiger partial charge in [-0.05, 0) is 73.2 Å². The van der Waals surface area contributed by atoms with Crippen molar-refractivity contribution < 1.29 is 18.0 Å². The number of hydrogen-bond donors (Lipinski definition) is 1. The maximum Gasteiger partial charge on any atom is 0.264 e. The lowest BCUT2D eigenvalue weighted by Gasteiger charge is -2.33. The van der Waals surface area contributed by atoms with Crippen LogP contribution in [0.15, 0.2) is 77.7 Å². The van der Waals surface area contributed by atoms with Gasteiger partial charge in [-0.25, -0.2) is 8.42 Å². The molecule has 0 radical (unpaired) electrons. The van der Waals surface area contributed by atoms with E-state index in [0.717, 1.165) is 15.4 Å². The lowest BCUT2D eigenvalue weighted by atomic mass is 10.1. The third-order valence-corrected chi connectivity index (χ3v) is 8.91. The van der Waals surface area contributed by atoms with E-state index in [9.17, 15) is 18.0 Å². The van der Waals surface area contributed by atoms with Gasteiger partial charge in [0, 0.05) is 18.1 Å². The van der Waals surface area contributed by atoms with Gasteiger partial charge >= 0.3 is 0 Å². The number of rotatable bonds is 12. The third kappa shape index (κ3) is 7.64. The lowest BCUT2D eigenvalue weighted by Crippen LogP contribution is -2.52. The molecule has 0 saturated heterocycles. The van der Waals surface area contributed by atoms with Crippen LogP contribution in [-0.2, 0) is 26.2 Å². The van der Waals surface area contributed by atoms with Crippen molar-refractivity contribution in [3.63, 3.8) is 0 Å². The first-order valence-corrected chi connectivity index (χ1v) is 15.2. The Morgan fingerprint density at radius 2 is 1.57 bits per heavy atom. The minimum absolute atomic E-state index is 0.0538. The van der Waals surface area contributed by atoms with Crippen molar-refractivity contribution in [2.45, 2.75) is 58.5 Å². The smallest absolute Gasteiger partial charge is 0.264 e. The quantitative estimate of drug-likeness (QED) is 0.295. The van der Waals surface area contributed by atoms with Gasteiger partial charge in [-0.3, -0.25) is 13.9 Å². The number of carbonyl (C=O) groups excluding carboxylic acids is 2. The second kappa shape index (κ2) is 13.8. The summed E-state index contributed by atoms with van der Waals surface area (Å²) in [5, 5.41) is 3.38. The van der Waals surface area contributed by atoms with Crippen LogP contribution < -0.4 is 9.62 Å². The molecule has 3 rings (SSSR count). The molecule has 0 unspecified atom stereocenters. The summed E-state index contributed by atoms with van der Waals surface area (Å²) >= 11 is 6.44. The first-order chi connectivity index (χ1) is 18.9. The van der Waals surface area contributed by atoms with Gasteiger partial charge in [0.15, 0.2) is 0 Å². The molecule has 0 heterocycles. The fraction of sp³-hybridized carbons (Fsp3) is 0.355. The molecule has 0 aliphatic rings. The van der Waals surface area contributed by atoms with Crippen LogP contribution in [0.4, 0.5) is 5.69 Å². The van der Waals surface area contributed by atoms with Gasteiger partial charge in [-0.15, -0.1) is 0 Å². The Bertz CT molecular complexity index is 1430. The minimum atomic E-state index is -4.11. The van der Waals surface area contributed by atoms with Crippen LogP contribution in [-0.4, -0.2) is 44.3 Å². The number of benzene rings is 3. The summed E-state index contributed by atoms with van der Waals surface area (Å²) < 4.78 is 28.9. The number of nitrogens with one attached hydrogen (secondary N) is 1. The fourth-order valence-electron chi connectivity index (χ4n) is 4.28. The lowest BCUT2D eigenvalue weighted by molar-refractivity contribution is -0.140. The van der Waals surface area contributed by atoms with Gasteiger partial charge in [-0.2, -0.15) is 0 Å².